The van der Waals surface area contributed by atoms with Crippen molar-refractivity contribution in [1.82, 2.24) is 15.3 Å². The molecule has 0 spiro atoms. The van der Waals surface area contributed by atoms with Crippen molar-refractivity contribution in [3.05, 3.63) is 18.5 Å². The van der Waals surface area contributed by atoms with Gasteiger partial charge in [-0.15, -0.1) is 0 Å². The molecule has 1 aliphatic heterocycles. The van der Waals surface area contributed by atoms with Crippen LogP contribution in [0.25, 0.3) is 0 Å². The molecule has 68 valence electrons. The molecule has 5 nitrogen and oxygen atoms in total. The van der Waals surface area contributed by atoms with Crippen LogP contribution in [-0.2, 0) is 0 Å². The lowest BCUT2D eigenvalue weighted by molar-refractivity contribution is 0.251. The van der Waals surface area contributed by atoms with E-state index in [1.54, 1.807) is 23.4 Å². The molecule has 2 heterocycles. The third-order valence-corrected chi connectivity index (χ3v) is 1.98. The fourth-order valence-electron chi connectivity index (χ4n) is 1.32. The predicted octanol–water partition coefficient (Wildman–Crippen LogP) is 0.395. The molecule has 1 N–H and O–H groups in total. The Balaban J connectivity index is 2.30. The zero-order chi connectivity index (χ0) is 9.26. The number of carbonyl (C=O) groups is 1. The van der Waals surface area contributed by atoms with Crippen LogP contribution in [0.1, 0.15) is 6.92 Å². The molecular formula is C8H10N4O. The molecule has 1 aromatic heterocycles. The summed E-state index contributed by atoms with van der Waals surface area (Å²) in [7, 11) is 0. The van der Waals surface area contributed by atoms with Gasteiger partial charge in [0.05, 0.1) is 6.04 Å². The van der Waals surface area contributed by atoms with Crippen LogP contribution in [0.4, 0.5) is 10.7 Å². The summed E-state index contributed by atoms with van der Waals surface area (Å²) < 4.78 is 0. The second-order valence-electron chi connectivity index (χ2n) is 2.95. The Kier molecular flexibility index (Phi) is 1.84. The number of carbonyl (C=O) groups excluding carboxylic acids is 1. The van der Waals surface area contributed by atoms with Crippen molar-refractivity contribution in [1.29, 1.82) is 0 Å². The first-order valence-corrected chi connectivity index (χ1v) is 4.13. The van der Waals surface area contributed by atoms with Crippen LogP contribution in [0.3, 0.4) is 0 Å². The van der Waals surface area contributed by atoms with Crippen LogP contribution in [0, 0.1) is 0 Å². The van der Waals surface area contributed by atoms with Gasteiger partial charge in [0.15, 0.2) is 0 Å². The molecule has 1 aromatic rings. The smallest absolute Gasteiger partial charge is 0.324 e. The molecule has 13 heavy (non-hydrogen) atoms. The lowest BCUT2D eigenvalue weighted by Crippen LogP contribution is -2.33. The molecule has 1 fully saturated rings. The molecular weight excluding hydrogens is 168 g/mol. The highest BCUT2D eigenvalue weighted by Crippen LogP contribution is 2.13. The van der Waals surface area contributed by atoms with E-state index in [1.165, 1.54) is 0 Å². The Morgan fingerprint density at radius 2 is 2.23 bits per heavy atom. The maximum Gasteiger partial charge on any atom is 0.324 e. The summed E-state index contributed by atoms with van der Waals surface area (Å²) in [5.74, 6) is 0.463. The molecule has 0 aromatic carbocycles. The number of anilines is 1. The van der Waals surface area contributed by atoms with Gasteiger partial charge in [0.25, 0.3) is 0 Å². The van der Waals surface area contributed by atoms with E-state index in [1.807, 2.05) is 6.92 Å². The van der Waals surface area contributed by atoms with Gasteiger partial charge in [0.1, 0.15) is 0 Å². The average molecular weight is 178 g/mol. The van der Waals surface area contributed by atoms with Crippen LogP contribution in [0.15, 0.2) is 18.5 Å². The molecule has 2 rings (SSSR count). The summed E-state index contributed by atoms with van der Waals surface area (Å²) in [5, 5.41) is 2.72. The summed E-state index contributed by atoms with van der Waals surface area (Å²) in [6.07, 6.45) is 3.25. The van der Waals surface area contributed by atoms with Gasteiger partial charge in [-0.1, -0.05) is 0 Å². The van der Waals surface area contributed by atoms with Gasteiger partial charge < -0.3 is 5.32 Å². The van der Waals surface area contributed by atoms with Crippen molar-refractivity contribution in [2.45, 2.75) is 13.0 Å². The highest BCUT2D eigenvalue weighted by molar-refractivity contribution is 5.92. The maximum atomic E-state index is 11.3. The molecule has 1 aliphatic rings. The molecule has 5 heteroatoms. The van der Waals surface area contributed by atoms with Crippen molar-refractivity contribution in [2.75, 3.05) is 11.4 Å². The Labute approximate surface area is 75.8 Å². The standard InChI is InChI=1S/C8H10N4O/c1-6-5-11-8(13)12(6)7-9-3-2-4-10-7/h2-4,6H,5H2,1H3,(H,11,13)/t6-/m1/s1. The molecule has 0 saturated carbocycles. The summed E-state index contributed by atoms with van der Waals surface area (Å²) in [4.78, 5) is 20.9. The van der Waals surface area contributed by atoms with Gasteiger partial charge in [-0.3, -0.25) is 4.90 Å². The third-order valence-electron chi connectivity index (χ3n) is 1.98. The predicted molar refractivity (Wildman–Crippen MR) is 47.4 cm³/mol. The van der Waals surface area contributed by atoms with Crippen molar-refractivity contribution < 1.29 is 4.79 Å². The van der Waals surface area contributed by atoms with Crippen molar-refractivity contribution in [3.8, 4) is 0 Å². The van der Waals surface area contributed by atoms with Crippen LogP contribution in [0.5, 0.6) is 0 Å². The normalized spacial score (nSPS) is 21.8. The van der Waals surface area contributed by atoms with Crippen LogP contribution >= 0.6 is 0 Å². The number of rotatable bonds is 1. The van der Waals surface area contributed by atoms with Gasteiger partial charge >= 0.3 is 6.03 Å². The second-order valence-corrected chi connectivity index (χ2v) is 2.95. The maximum absolute atomic E-state index is 11.3. The Bertz CT molecular complexity index is 313. The van der Waals surface area contributed by atoms with Crippen LogP contribution in [-0.4, -0.2) is 28.6 Å². The van der Waals surface area contributed by atoms with E-state index in [4.69, 9.17) is 0 Å². The number of hydrogen-bond donors (Lipinski definition) is 1. The SMILES string of the molecule is C[C@@H]1CNC(=O)N1c1ncccn1. The number of urea groups is 1. The van der Waals surface area contributed by atoms with Crippen LogP contribution < -0.4 is 10.2 Å². The van der Waals surface area contributed by atoms with E-state index in [2.05, 4.69) is 15.3 Å². The first kappa shape index (κ1) is 7.97. The number of aromatic nitrogens is 2. The monoisotopic (exact) mass is 178 g/mol. The Morgan fingerprint density at radius 3 is 2.77 bits per heavy atom. The molecule has 0 unspecified atom stereocenters. The van der Waals surface area contributed by atoms with Crippen molar-refractivity contribution >= 4 is 12.0 Å². The second kappa shape index (κ2) is 3.01. The molecule has 1 atom stereocenters. The zero-order valence-electron chi connectivity index (χ0n) is 7.27. The summed E-state index contributed by atoms with van der Waals surface area (Å²) in [5.41, 5.74) is 0. The van der Waals surface area contributed by atoms with E-state index in [9.17, 15) is 4.79 Å². The Morgan fingerprint density at radius 1 is 1.54 bits per heavy atom. The van der Waals surface area contributed by atoms with Crippen molar-refractivity contribution in [3.63, 3.8) is 0 Å². The molecule has 2 amide bonds. The van der Waals surface area contributed by atoms with Gasteiger partial charge in [-0.25, -0.2) is 14.8 Å². The minimum atomic E-state index is -0.126. The van der Waals surface area contributed by atoms with E-state index >= 15 is 0 Å². The van der Waals surface area contributed by atoms with E-state index < -0.39 is 0 Å². The Hall–Kier alpha value is -1.65. The number of nitrogens with zero attached hydrogens (tertiary/aromatic N) is 3. The molecule has 0 radical (unpaired) electrons. The molecule has 0 bridgehead atoms. The van der Waals surface area contributed by atoms with Gasteiger partial charge in [-0.2, -0.15) is 0 Å². The lowest BCUT2D eigenvalue weighted by atomic mass is 10.3. The minimum Gasteiger partial charge on any atom is -0.336 e. The zero-order valence-corrected chi connectivity index (χ0v) is 7.27. The highest BCUT2D eigenvalue weighted by Gasteiger charge is 2.29. The van der Waals surface area contributed by atoms with E-state index in [0.717, 1.165) is 0 Å². The minimum absolute atomic E-state index is 0.120. The summed E-state index contributed by atoms with van der Waals surface area (Å²) in [6, 6.07) is 1.72. The number of nitrogens with one attached hydrogen (secondary N) is 1. The van der Waals surface area contributed by atoms with Gasteiger partial charge in [0, 0.05) is 18.9 Å². The third kappa shape index (κ3) is 1.32. The van der Waals surface area contributed by atoms with Gasteiger partial charge in [0.2, 0.25) is 5.95 Å². The van der Waals surface area contributed by atoms with Gasteiger partial charge in [-0.05, 0) is 13.0 Å². The van der Waals surface area contributed by atoms with Crippen molar-refractivity contribution in [2.24, 2.45) is 0 Å². The number of amides is 2. The fourth-order valence-corrected chi connectivity index (χ4v) is 1.32. The quantitative estimate of drug-likeness (QED) is 0.677. The largest absolute Gasteiger partial charge is 0.336 e. The number of hydrogen-bond acceptors (Lipinski definition) is 3. The average Bonchev–Trinajstić information content (AvgIpc) is 2.48. The van der Waals surface area contributed by atoms with Crippen LogP contribution in [0.2, 0.25) is 0 Å². The first-order chi connectivity index (χ1) is 6.29. The van der Waals surface area contributed by atoms with E-state index in [-0.39, 0.29) is 12.1 Å². The summed E-state index contributed by atoms with van der Waals surface area (Å²) in [6.45, 7) is 2.60. The highest BCUT2D eigenvalue weighted by atomic mass is 16.2. The lowest BCUT2D eigenvalue weighted by Gasteiger charge is -2.16. The fraction of sp³-hybridized carbons (Fsp3) is 0.375. The topological polar surface area (TPSA) is 58.1 Å². The van der Waals surface area contributed by atoms with E-state index in [0.29, 0.717) is 12.5 Å². The molecule has 0 aliphatic carbocycles. The first-order valence-electron chi connectivity index (χ1n) is 4.13. The summed E-state index contributed by atoms with van der Waals surface area (Å²) >= 11 is 0. The molecule has 1 saturated heterocycles.